The van der Waals surface area contributed by atoms with Gasteiger partial charge in [0.05, 0.1) is 0 Å². The highest BCUT2D eigenvalue weighted by Crippen LogP contribution is 2.19. The molecule has 0 bridgehead atoms. The lowest BCUT2D eigenvalue weighted by molar-refractivity contribution is -0.153. The Morgan fingerprint density at radius 2 is 2.21 bits per heavy atom. The maximum atomic E-state index is 11.5. The van der Waals surface area contributed by atoms with Crippen LogP contribution in [0.15, 0.2) is 12.3 Å². The number of esters is 1. The van der Waals surface area contributed by atoms with Gasteiger partial charge in [-0.25, -0.2) is 4.79 Å². The van der Waals surface area contributed by atoms with Gasteiger partial charge in [-0.2, -0.15) is 0 Å². The van der Waals surface area contributed by atoms with Gasteiger partial charge in [-0.05, 0) is 12.6 Å². The van der Waals surface area contributed by atoms with E-state index in [1.807, 2.05) is 6.92 Å². The number of hydrogen-bond acceptors (Lipinski definition) is 6. The highest BCUT2D eigenvalue weighted by molar-refractivity contribution is 5.84. The van der Waals surface area contributed by atoms with Crippen LogP contribution in [-0.4, -0.2) is 51.6 Å². The van der Waals surface area contributed by atoms with Crippen LogP contribution < -0.4 is 5.32 Å². The predicted octanol–water partition coefficient (Wildman–Crippen LogP) is -1.19. The summed E-state index contributed by atoms with van der Waals surface area (Å²) in [5.41, 5.74) is 0. The Balaban J connectivity index is 2.44. The molecule has 19 heavy (non-hydrogen) atoms. The van der Waals surface area contributed by atoms with Crippen LogP contribution in [0, 0.1) is 0 Å². The van der Waals surface area contributed by atoms with E-state index in [1.54, 1.807) is 6.08 Å². The number of allylic oxidation sites excluding steroid dienone is 1. The molecule has 0 aromatic rings. The fourth-order valence-electron chi connectivity index (χ4n) is 1.62. The van der Waals surface area contributed by atoms with Crippen molar-refractivity contribution in [2.24, 2.45) is 0 Å². The molecule has 7 nitrogen and oxygen atoms in total. The topological polar surface area (TPSA) is 116 Å². The molecular formula is C12H19NO6. The van der Waals surface area contributed by atoms with Gasteiger partial charge < -0.3 is 25.4 Å². The summed E-state index contributed by atoms with van der Waals surface area (Å²) >= 11 is 0. The summed E-state index contributed by atoms with van der Waals surface area (Å²) in [6.07, 6.45) is -0.584. The molecule has 0 aliphatic carbocycles. The minimum Gasteiger partial charge on any atom is -0.454 e. The van der Waals surface area contributed by atoms with Gasteiger partial charge in [0, 0.05) is 0 Å². The maximum absolute atomic E-state index is 11.5. The number of amides is 1. The summed E-state index contributed by atoms with van der Waals surface area (Å²) in [4.78, 5) is 22.5. The number of aliphatic hydroxyl groups is 3. The molecule has 1 unspecified atom stereocenters. The lowest BCUT2D eigenvalue weighted by Crippen LogP contribution is -2.46. The average Bonchev–Trinajstić information content (AvgIpc) is 2.65. The summed E-state index contributed by atoms with van der Waals surface area (Å²) in [5, 5.41) is 30.5. The fourth-order valence-corrected chi connectivity index (χ4v) is 1.62. The van der Waals surface area contributed by atoms with E-state index in [0.717, 1.165) is 19.3 Å². The van der Waals surface area contributed by atoms with E-state index in [-0.39, 0.29) is 0 Å². The van der Waals surface area contributed by atoms with E-state index in [1.165, 1.54) is 6.20 Å². The molecule has 1 aliphatic rings. The number of carbonyl (C=O) groups excluding carboxylic acids is 2. The van der Waals surface area contributed by atoms with E-state index in [4.69, 9.17) is 5.11 Å². The predicted molar refractivity (Wildman–Crippen MR) is 64.7 cm³/mol. The molecule has 0 aromatic carbocycles. The largest absolute Gasteiger partial charge is 0.454 e. The summed E-state index contributed by atoms with van der Waals surface area (Å²) in [6, 6.07) is 0. The van der Waals surface area contributed by atoms with Gasteiger partial charge in [-0.3, -0.25) is 4.79 Å². The van der Waals surface area contributed by atoms with E-state index >= 15 is 0 Å². The first kappa shape index (κ1) is 15.6. The number of unbranched alkanes of at least 4 members (excludes halogenated alkanes) is 2. The smallest absolute Gasteiger partial charge is 0.338 e. The second-order valence-electron chi connectivity index (χ2n) is 4.33. The second-order valence-corrected chi connectivity index (χ2v) is 4.33. The van der Waals surface area contributed by atoms with Gasteiger partial charge in [-0.15, -0.1) is 0 Å². The summed E-state index contributed by atoms with van der Waals surface area (Å²) in [5.74, 6) is -1.86. The quantitative estimate of drug-likeness (QED) is 0.357. The number of cyclic esters (lactones) is 1. The third-order valence-electron chi connectivity index (χ3n) is 2.80. The monoisotopic (exact) mass is 273 g/mol. The van der Waals surface area contributed by atoms with Gasteiger partial charge >= 0.3 is 5.97 Å². The number of nitrogens with one attached hydrogen (secondary N) is 1. The van der Waals surface area contributed by atoms with Crippen LogP contribution in [0.25, 0.3) is 0 Å². The first-order valence-corrected chi connectivity index (χ1v) is 6.19. The van der Waals surface area contributed by atoms with Gasteiger partial charge in [0.1, 0.15) is 6.10 Å². The van der Waals surface area contributed by atoms with Crippen molar-refractivity contribution < 1.29 is 29.6 Å². The molecule has 4 atom stereocenters. The molecule has 0 radical (unpaired) electrons. The molecule has 4 N–H and O–H groups in total. The normalized spacial score (nSPS) is 28.4. The molecule has 108 valence electrons. The van der Waals surface area contributed by atoms with Crippen LogP contribution in [0.2, 0.25) is 0 Å². The molecule has 1 saturated heterocycles. The minimum atomic E-state index is -1.73. The number of hydrogen-bond donors (Lipinski definition) is 4. The van der Waals surface area contributed by atoms with Gasteiger partial charge in [0.15, 0.2) is 18.3 Å². The van der Waals surface area contributed by atoms with Crippen LogP contribution in [-0.2, 0) is 14.3 Å². The lowest BCUT2D eigenvalue weighted by Gasteiger charge is -2.18. The average molecular weight is 273 g/mol. The van der Waals surface area contributed by atoms with E-state index in [9.17, 15) is 19.8 Å². The van der Waals surface area contributed by atoms with Crippen LogP contribution in [0.4, 0.5) is 0 Å². The van der Waals surface area contributed by atoms with Crippen molar-refractivity contribution >= 4 is 11.9 Å². The van der Waals surface area contributed by atoms with E-state index in [0.29, 0.717) is 0 Å². The first-order valence-electron chi connectivity index (χ1n) is 6.19. The van der Waals surface area contributed by atoms with Gasteiger partial charge in [-0.1, -0.05) is 25.8 Å². The van der Waals surface area contributed by atoms with Crippen molar-refractivity contribution in [3.8, 4) is 0 Å². The Morgan fingerprint density at radius 1 is 1.53 bits per heavy atom. The summed E-state index contributed by atoms with van der Waals surface area (Å²) in [6.45, 7) is 2.04. The Labute approximate surface area is 110 Å². The number of rotatable bonds is 6. The Kier molecular flexibility index (Phi) is 5.94. The molecule has 1 aliphatic heterocycles. The van der Waals surface area contributed by atoms with Crippen molar-refractivity contribution in [2.75, 3.05) is 0 Å². The zero-order valence-electron chi connectivity index (χ0n) is 10.7. The molecule has 7 heteroatoms. The van der Waals surface area contributed by atoms with Crippen molar-refractivity contribution in [1.29, 1.82) is 0 Å². The second kappa shape index (κ2) is 7.22. The molecule has 0 spiro atoms. The minimum absolute atomic E-state index is 0.798. The summed E-state index contributed by atoms with van der Waals surface area (Å²) in [7, 11) is 0. The molecule has 1 fully saturated rings. The Hall–Kier alpha value is -1.44. The number of carbonyl (C=O) groups is 2. The molecule has 1 rings (SSSR count). The van der Waals surface area contributed by atoms with Crippen LogP contribution in [0.1, 0.15) is 26.2 Å². The van der Waals surface area contributed by atoms with E-state index < -0.39 is 36.3 Å². The third-order valence-corrected chi connectivity index (χ3v) is 2.80. The molecule has 0 aromatic heterocycles. The SMILES string of the molecule is CCCCC=CNC(=O)C(O)[C@H]1OC(=O)[C@@H](O)[C@H]1O. The van der Waals surface area contributed by atoms with Gasteiger partial charge in [0.2, 0.25) is 0 Å². The molecular weight excluding hydrogens is 254 g/mol. The zero-order chi connectivity index (χ0) is 14.4. The van der Waals surface area contributed by atoms with Crippen molar-refractivity contribution in [2.45, 2.75) is 50.6 Å². The summed E-state index contributed by atoms with van der Waals surface area (Å²) < 4.78 is 4.54. The number of ether oxygens (including phenoxy) is 1. The van der Waals surface area contributed by atoms with E-state index in [2.05, 4.69) is 10.1 Å². The van der Waals surface area contributed by atoms with Crippen molar-refractivity contribution in [1.82, 2.24) is 5.32 Å². The maximum Gasteiger partial charge on any atom is 0.338 e. The Bertz CT molecular complexity index is 356. The first-order chi connectivity index (χ1) is 8.99. The van der Waals surface area contributed by atoms with Crippen molar-refractivity contribution in [3.63, 3.8) is 0 Å². The third kappa shape index (κ3) is 4.02. The van der Waals surface area contributed by atoms with Crippen LogP contribution in [0.5, 0.6) is 0 Å². The highest BCUT2D eigenvalue weighted by atomic mass is 16.6. The zero-order valence-corrected chi connectivity index (χ0v) is 10.7. The fraction of sp³-hybridized carbons (Fsp3) is 0.667. The lowest BCUT2D eigenvalue weighted by atomic mass is 10.1. The highest BCUT2D eigenvalue weighted by Gasteiger charge is 2.48. The number of aliphatic hydroxyl groups excluding tert-OH is 3. The molecule has 1 amide bonds. The molecule has 0 saturated carbocycles. The Morgan fingerprint density at radius 3 is 2.74 bits per heavy atom. The van der Waals surface area contributed by atoms with Crippen molar-refractivity contribution in [3.05, 3.63) is 12.3 Å². The van der Waals surface area contributed by atoms with Crippen LogP contribution >= 0.6 is 0 Å². The van der Waals surface area contributed by atoms with Crippen LogP contribution in [0.3, 0.4) is 0 Å². The molecule has 1 heterocycles. The van der Waals surface area contributed by atoms with Gasteiger partial charge in [0.25, 0.3) is 5.91 Å². The standard InChI is InChI=1S/C12H19NO6/c1-2-3-4-5-6-13-11(17)9(16)10-7(14)8(15)12(18)19-10/h5-10,14-16H,2-4H2,1H3,(H,13,17)/t7-,8+,9?,10+/m1/s1.